The first kappa shape index (κ1) is 18.8. The minimum absolute atomic E-state index is 0.362. The van der Waals surface area contributed by atoms with E-state index >= 15 is 0 Å². The van der Waals surface area contributed by atoms with E-state index in [9.17, 15) is 0 Å². The first-order chi connectivity index (χ1) is 11.9. The summed E-state index contributed by atoms with van der Waals surface area (Å²) in [6, 6.07) is 8.45. The Morgan fingerprint density at radius 2 is 1.92 bits per heavy atom. The molecule has 0 unspecified atom stereocenters. The summed E-state index contributed by atoms with van der Waals surface area (Å²) in [7, 11) is 5.88. The molecule has 1 aromatic heterocycles. The van der Waals surface area contributed by atoms with Crippen LogP contribution in [0.4, 0.5) is 5.69 Å². The summed E-state index contributed by atoms with van der Waals surface area (Å²) in [5, 5.41) is 10.7. The maximum Gasteiger partial charge on any atom is 0.191 e. The fourth-order valence-corrected chi connectivity index (χ4v) is 2.49. The molecule has 0 spiro atoms. The van der Waals surface area contributed by atoms with Crippen molar-refractivity contribution >= 4 is 11.6 Å². The monoisotopic (exact) mass is 343 g/mol. The van der Waals surface area contributed by atoms with E-state index in [0.29, 0.717) is 19.0 Å². The lowest BCUT2D eigenvalue weighted by molar-refractivity contribution is 0.372. The second kappa shape index (κ2) is 8.55. The van der Waals surface area contributed by atoms with Crippen LogP contribution in [-0.4, -0.2) is 32.3 Å². The number of guanidine groups is 1. The molecule has 1 aromatic carbocycles. The highest BCUT2D eigenvalue weighted by Gasteiger charge is 2.09. The Labute approximate surface area is 150 Å². The summed E-state index contributed by atoms with van der Waals surface area (Å²) < 4.78 is 5.35. The molecule has 0 aliphatic heterocycles. The average Bonchev–Trinajstić information content (AvgIpc) is 3.05. The van der Waals surface area contributed by atoms with Gasteiger partial charge in [-0.1, -0.05) is 31.1 Å². The van der Waals surface area contributed by atoms with Gasteiger partial charge in [-0.3, -0.25) is 4.99 Å². The van der Waals surface area contributed by atoms with E-state index < -0.39 is 0 Å². The summed E-state index contributed by atoms with van der Waals surface area (Å²) in [5.41, 5.74) is 4.65. The van der Waals surface area contributed by atoms with Crippen LogP contribution in [0.5, 0.6) is 0 Å². The summed E-state index contributed by atoms with van der Waals surface area (Å²) in [4.78, 5) is 6.40. The Kier molecular flexibility index (Phi) is 6.44. The van der Waals surface area contributed by atoms with Crippen molar-refractivity contribution in [3.63, 3.8) is 0 Å². The third-order valence-electron chi connectivity index (χ3n) is 3.99. The molecule has 0 fully saturated rings. The largest absolute Gasteiger partial charge is 0.377 e. The van der Waals surface area contributed by atoms with Crippen LogP contribution in [0.1, 0.15) is 42.3 Å². The van der Waals surface area contributed by atoms with Crippen molar-refractivity contribution in [1.82, 2.24) is 15.8 Å². The fraction of sp³-hybridized carbons (Fsp3) is 0.474. The van der Waals surface area contributed by atoms with Gasteiger partial charge in [0.05, 0.1) is 12.2 Å². The standard InChI is InChI=1S/C19H29N5O/c1-13(2)17-10-16(25-23-17)12-22-19(20-4)21-11-15-8-7-14(3)9-18(15)24(5)6/h7-10,13H,11-12H2,1-6H3,(H2,20,21,22). The predicted molar refractivity (Wildman–Crippen MR) is 103 cm³/mol. The van der Waals surface area contributed by atoms with Crippen molar-refractivity contribution in [3.8, 4) is 0 Å². The summed E-state index contributed by atoms with van der Waals surface area (Å²) >= 11 is 0. The zero-order valence-corrected chi connectivity index (χ0v) is 16.1. The van der Waals surface area contributed by atoms with Gasteiger partial charge in [0.25, 0.3) is 0 Å². The van der Waals surface area contributed by atoms with Crippen molar-refractivity contribution in [1.29, 1.82) is 0 Å². The van der Waals surface area contributed by atoms with Gasteiger partial charge in [-0.2, -0.15) is 0 Å². The second-order valence-electron chi connectivity index (χ2n) is 6.68. The number of nitrogens with one attached hydrogen (secondary N) is 2. The van der Waals surface area contributed by atoms with Gasteiger partial charge in [-0.25, -0.2) is 0 Å². The zero-order valence-electron chi connectivity index (χ0n) is 16.1. The van der Waals surface area contributed by atoms with E-state index in [1.54, 1.807) is 7.05 Å². The Hall–Kier alpha value is -2.50. The minimum atomic E-state index is 0.362. The molecule has 136 valence electrons. The van der Waals surface area contributed by atoms with Crippen LogP contribution in [0, 0.1) is 6.92 Å². The highest BCUT2D eigenvalue weighted by atomic mass is 16.5. The average molecular weight is 343 g/mol. The van der Waals surface area contributed by atoms with Crippen LogP contribution < -0.4 is 15.5 Å². The van der Waals surface area contributed by atoms with Crippen LogP contribution in [0.3, 0.4) is 0 Å². The van der Waals surface area contributed by atoms with Gasteiger partial charge in [-0.05, 0) is 30.0 Å². The quantitative estimate of drug-likeness (QED) is 0.623. The molecule has 25 heavy (non-hydrogen) atoms. The van der Waals surface area contributed by atoms with Crippen molar-refractivity contribution in [3.05, 3.63) is 46.8 Å². The molecular formula is C19H29N5O. The number of nitrogens with zero attached hydrogens (tertiary/aromatic N) is 3. The lowest BCUT2D eigenvalue weighted by Crippen LogP contribution is -2.36. The number of anilines is 1. The first-order valence-corrected chi connectivity index (χ1v) is 8.57. The molecular weight excluding hydrogens is 314 g/mol. The number of rotatable bonds is 6. The van der Waals surface area contributed by atoms with E-state index in [0.717, 1.165) is 17.4 Å². The van der Waals surface area contributed by atoms with Crippen molar-refractivity contribution in [2.75, 3.05) is 26.0 Å². The van der Waals surface area contributed by atoms with Gasteiger partial charge < -0.3 is 20.1 Å². The maximum absolute atomic E-state index is 5.35. The number of aliphatic imine (C=N–C) groups is 1. The number of aromatic nitrogens is 1. The number of aryl methyl sites for hydroxylation is 1. The second-order valence-corrected chi connectivity index (χ2v) is 6.68. The molecule has 2 N–H and O–H groups in total. The Bertz CT molecular complexity index is 718. The van der Waals surface area contributed by atoms with E-state index in [4.69, 9.17) is 4.52 Å². The van der Waals surface area contributed by atoms with E-state index in [1.807, 2.05) is 6.07 Å². The molecule has 0 aliphatic rings. The summed E-state index contributed by atoms with van der Waals surface area (Å²) in [5.74, 6) is 1.89. The molecule has 1 heterocycles. The molecule has 2 rings (SSSR count). The van der Waals surface area contributed by atoms with Crippen molar-refractivity contribution < 1.29 is 4.52 Å². The van der Waals surface area contributed by atoms with Gasteiger partial charge in [0.1, 0.15) is 0 Å². The van der Waals surface area contributed by atoms with Gasteiger partial charge >= 0.3 is 0 Å². The van der Waals surface area contributed by atoms with Gasteiger partial charge in [0.2, 0.25) is 0 Å². The van der Waals surface area contributed by atoms with E-state index in [-0.39, 0.29) is 0 Å². The fourth-order valence-electron chi connectivity index (χ4n) is 2.49. The normalized spacial score (nSPS) is 11.7. The maximum atomic E-state index is 5.35. The Morgan fingerprint density at radius 1 is 1.20 bits per heavy atom. The lowest BCUT2D eigenvalue weighted by Gasteiger charge is -2.19. The van der Waals surface area contributed by atoms with Gasteiger partial charge in [-0.15, -0.1) is 0 Å². The van der Waals surface area contributed by atoms with E-state index in [2.05, 4.69) is 78.7 Å². The third-order valence-corrected chi connectivity index (χ3v) is 3.99. The molecule has 0 amide bonds. The van der Waals surface area contributed by atoms with Crippen molar-refractivity contribution in [2.24, 2.45) is 4.99 Å². The van der Waals surface area contributed by atoms with Crippen LogP contribution in [-0.2, 0) is 13.1 Å². The molecule has 0 radical (unpaired) electrons. The zero-order chi connectivity index (χ0) is 18.4. The van der Waals surface area contributed by atoms with Crippen LogP contribution in [0.2, 0.25) is 0 Å². The number of hydrogen-bond donors (Lipinski definition) is 2. The molecule has 2 aromatic rings. The predicted octanol–water partition coefficient (Wildman–Crippen LogP) is 3.04. The Balaban J connectivity index is 1.94. The SMILES string of the molecule is CN=C(NCc1cc(C(C)C)no1)NCc1ccc(C)cc1N(C)C. The van der Waals surface area contributed by atoms with E-state index in [1.165, 1.54) is 16.8 Å². The highest BCUT2D eigenvalue weighted by molar-refractivity contribution is 5.79. The van der Waals surface area contributed by atoms with Gasteiger partial charge in [0, 0.05) is 39.4 Å². The molecule has 0 saturated heterocycles. The smallest absolute Gasteiger partial charge is 0.191 e. The first-order valence-electron chi connectivity index (χ1n) is 8.57. The molecule has 6 heteroatoms. The minimum Gasteiger partial charge on any atom is -0.377 e. The van der Waals surface area contributed by atoms with Gasteiger partial charge in [0.15, 0.2) is 11.7 Å². The third kappa shape index (κ3) is 5.24. The van der Waals surface area contributed by atoms with Crippen LogP contribution in [0.25, 0.3) is 0 Å². The molecule has 0 atom stereocenters. The van der Waals surface area contributed by atoms with Crippen molar-refractivity contribution in [2.45, 2.75) is 39.8 Å². The number of hydrogen-bond acceptors (Lipinski definition) is 4. The molecule has 0 saturated carbocycles. The summed E-state index contributed by atoms with van der Waals surface area (Å²) in [6.45, 7) is 7.54. The Morgan fingerprint density at radius 3 is 2.52 bits per heavy atom. The molecule has 0 aliphatic carbocycles. The molecule has 0 bridgehead atoms. The lowest BCUT2D eigenvalue weighted by atomic mass is 10.1. The van der Waals surface area contributed by atoms with Crippen LogP contribution in [0.15, 0.2) is 33.8 Å². The topological polar surface area (TPSA) is 65.7 Å². The molecule has 6 nitrogen and oxygen atoms in total. The highest BCUT2D eigenvalue weighted by Crippen LogP contribution is 2.20. The number of benzene rings is 1. The van der Waals surface area contributed by atoms with Crippen LogP contribution >= 0.6 is 0 Å². The summed E-state index contributed by atoms with van der Waals surface area (Å²) in [6.07, 6.45) is 0.